The number of rotatable bonds is 16. The molecule has 3 aromatic carbocycles. The van der Waals surface area contributed by atoms with Gasteiger partial charge >= 0.3 is 0 Å². The van der Waals surface area contributed by atoms with Crippen molar-refractivity contribution in [2.75, 3.05) is 37.2 Å². The number of carbonyl (C=O) groups excluding carboxylic acids is 3. The SMILES string of the molecule is CC1CCCC/C1=C(/NCCN[C@@H](C)C(=O)NCC(=O)NCc1ccc(Cl)cc1)c1cc(C(=O)N[C@H](C)c2cccc(Cl)c2)cc(N(C)S(C)(=O)=O)c1. The summed E-state index contributed by atoms with van der Waals surface area (Å²) in [6.45, 7) is 6.78. The number of amides is 3. The average Bonchev–Trinajstić information content (AvgIpc) is 3.13. The molecular formula is C39H50Cl2N6O5S. The molecule has 3 aromatic rings. The van der Waals surface area contributed by atoms with Gasteiger partial charge < -0.3 is 26.6 Å². The minimum Gasteiger partial charge on any atom is -0.383 e. The van der Waals surface area contributed by atoms with Gasteiger partial charge in [0.2, 0.25) is 21.8 Å². The third-order valence-corrected chi connectivity index (χ3v) is 11.1. The lowest BCUT2D eigenvalue weighted by Gasteiger charge is -2.28. The first kappa shape index (κ1) is 41.7. The van der Waals surface area contributed by atoms with Crippen molar-refractivity contribution in [1.82, 2.24) is 26.6 Å². The summed E-state index contributed by atoms with van der Waals surface area (Å²) < 4.78 is 26.5. The summed E-state index contributed by atoms with van der Waals surface area (Å²) in [6.07, 6.45) is 5.11. The van der Waals surface area contributed by atoms with E-state index in [0.29, 0.717) is 46.5 Å². The van der Waals surface area contributed by atoms with Crippen LogP contribution in [0.25, 0.3) is 5.70 Å². The fourth-order valence-electron chi connectivity index (χ4n) is 6.11. The van der Waals surface area contributed by atoms with Gasteiger partial charge in [-0.3, -0.25) is 18.7 Å². The third kappa shape index (κ3) is 12.5. The van der Waals surface area contributed by atoms with Gasteiger partial charge in [0, 0.05) is 53.6 Å². The number of anilines is 1. The molecule has 53 heavy (non-hydrogen) atoms. The molecule has 3 atom stereocenters. The number of benzene rings is 3. The van der Waals surface area contributed by atoms with Gasteiger partial charge in [0.15, 0.2) is 0 Å². The van der Waals surface area contributed by atoms with Crippen LogP contribution in [-0.2, 0) is 26.2 Å². The molecule has 5 N–H and O–H groups in total. The quantitative estimate of drug-likeness (QED) is 0.115. The second kappa shape index (κ2) is 19.3. The van der Waals surface area contributed by atoms with Crippen molar-refractivity contribution in [1.29, 1.82) is 0 Å². The van der Waals surface area contributed by atoms with Crippen molar-refractivity contribution >= 4 is 62.3 Å². The highest BCUT2D eigenvalue weighted by atomic mass is 35.5. The van der Waals surface area contributed by atoms with Crippen molar-refractivity contribution < 1.29 is 22.8 Å². The van der Waals surface area contributed by atoms with E-state index in [2.05, 4.69) is 33.5 Å². The maximum absolute atomic E-state index is 13.7. The van der Waals surface area contributed by atoms with E-state index >= 15 is 0 Å². The van der Waals surface area contributed by atoms with Crippen LogP contribution in [0.3, 0.4) is 0 Å². The van der Waals surface area contributed by atoms with Crippen LogP contribution in [0.15, 0.2) is 72.3 Å². The molecule has 3 amide bonds. The van der Waals surface area contributed by atoms with Crippen LogP contribution in [0.1, 0.15) is 79.5 Å². The highest BCUT2D eigenvalue weighted by molar-refractivity contribution is 7.92. The van der Waals surface area contributed by atoms with Gasteiger partial charge in [-0.15, -0.1) is 0 Å². The molecule has 1 fully saturated rings. The summed E-state index contributed by atoms with van der Waals surface area (Å²) in [5, 5.41) is 16.4. The Bertz CT molecular complexity index is 1900. The van der Waals surface area contributed by atoms with Gasteiger partial charge in [-0.05, 0) is 98.2 Å². The summed E-state index contributed by atoms with van der Waals surface area (Å²) in [5.74, 6) is -0.712. The number of halogens is 2. The standard InChI is InChI=1S/C39H50Cl2N6O5S/c1-25-9-6-7-12-35(25)37(43-18-17-42-27(3)38(49)45-24-36(48)44-23-28-13-15-32(40)16-14-28)30-19-31(22-34(21-30)47(4)53(5,51)52)39(50)46-26(2)29-10-8-11-33(41)20-29/h8,10-11,13-16,19-22,25-27,42-43H,6-7,9,12,17-18,23-24H2,1-5H3,(H,44,48)(H,45,49)(H,46,50)/b37-35-/t25?,26-,27+/m1/s1. The highest BCUT2D eigenvalue weighted by Gasteiger charge is 2.24. The van der Waals surface area contributed by atoms with Crippen LogP contribution in [-0.4, -0.2) is 65.1 Å². The minimum atomic E-state index is -3.64. The Morgan fingerprint density at radius 3 is 2.28 bits per heavy atom. The maximum atomic E-state index is 13.7. The van der Waals surface area contributed by atoms with E-state index in [-0.39, 0.29) is 36.2 Å². The molecule has 0 aromatic heterocycles. The van der Waals surface area contributed by atoms with E-state index in [1.165, 1.54) is 16.9 Å². The molecular weight excluding hydrogens is 735 g/mol. The molecule has 1 aliphatic carbocycles. The lowest BCUT2D eigenvalue weighted by atomic mass is 9.83. The van der Waals surface area contributed by atoms with E-state index in [1.807, 2.05) is 31.2 Å². The van der Waals surface area contributed by atoms with Gasteiger partial charge in [0.05, 0.1) is 30.6 Å². The number of hydrogen-bond donors (Lipinski definition) is 5. The maximum Gasteiger partial charge on any atom is 0.251 e. The topological polar surface area (TPSA) is 149 Å². The summed E-state index contributed by atoms with van der Waals surface area (Å²) in [4.78, 5) is 38.8. The van der Waals surface area contributed by atoms with Crippen LogP contribution in [0.2, 0.25) is 10.0 Å². The largest absolute Gasteiger partial charge is 0.383 e. The first-order valence-corrected chi connectivity index (χ1v) is 20.4. The molecule has 14 heteroatoms. The van der Waals surface area contributed by atoms with Gasteiger partial charge in [0.1, 0.15) is 0 Å². The number of allylic oxidation sites excluding steroid dienone is 1. The zero-order valence-electron chi connectivity index (χ0n) is 30.9. The molecule has 4 rings (SSSR count). The number of hydrogen-bond acceptors (Lipinski definition) is 7. The van der Waals surface area contributed by atoms with E-state index in [0.717, 1.165) is 48.8 Å². The van der Waals surface area contributed by atoms with Crippen LogP contribution in [0.5, 0.6) is 0 Å². The summed E-state index contributed by atoms with van der Waals surface area (Å²) >= 11 is 12.1. The fraction of sp³-hybridized carbons (Fsp3) is 0.410. The van der Waals surface area contributed by atoms with E-state index in [4.69, 9.17) is 23.2 Å². The molecule has 1 unspecified atom stereocenters. The van der Waals surface area contributed by atoms with Crippen LogP contribution in [0, 0.1) is 5.92 Å². The number of nitrogens with one attached hydrogen (secondary N) is 5. The summed E-state index contributed by atoms with van der Waals surface area (Å²) in [6, 6.07) is 18.6. The Morgan fingerprint density at radius 2 is 1.60 bits per heavy atom. The van der Waals surface area contributed by atoms with Gasteiger partial charge in [-0.2, -0.15) is 0 Å². The van der Waals surface area contributed by atoms with Crippen molar-refractivity contribution in [2.24, 2.45) is 5.92 Å². The lowest BCUT2D eigenvalue weighted by molar-refractivity contribution is -0.127. The Labute approximate surface area is 323 Å². The molecule has 0 spiro atoms. The molecule has 1 saturated carbocycles. The lowest BCUT2D eigenvalue weighted by Crippen LogP contribution is -2.47. The Morgan fingerprint density at radius 1 is 0.887 bits per heavy atom. The molecule has 0 radical (unpaired) electrons. The first-order chi connectivity index (χ1) is 25.1. The highest BCUT2D eigenvalue weighted by Crippen LogP contribution is 2.35. The predicted molar refractivity (Wildman–Crippen MR) is 213 cm³/mol. The predicted octanol–water partition coefficient (Wildman–Crippen LogP) is 5.80. The zero-order chi connectivity index (χ0) is 38.7. The van der Waals surface area contributed by atoms with E-state index in [9.17, 15) is 22.8 Å². The molecule has 0 aliphatic heterocycles. The molecule has 11 nitrogen and oxygen atoms in total. The molecule has 0 saturated heterocycles. The smallest absolute Gasteiger partial charge is 0.251 e. The number of sulfonamides is 1. The molecule has 1 aliphatic rings. The van der Waals surface area contributed by atoms with Crippen LogP contribution >= 0.6 is 23.2 Å². The van der Waals surface area contributed by atoms with Crippen molar-refractivity contribution in [2.45, 2.75) is 65.1 Å². The Balaban J connectivity index is 1.47. The summed E-state index contributed by atoms with van der Waals surface area (Å²) in [5.41, 5.74) is 5.13. The van der Waals surface area contributed by atoms with Crippen LogP contribution in [0.4, 0.5) is 5.69 Å². The second-order valence-corrected chi connectivity index (χ2v) is 16.4. The molecule has 0 heterocycles. The number of nitrogens with zero attached hydrogens (tertiary/aromatic N) is 1. The van der Waals surface area contributed by atoms with Crippen LogP contribution < -0.4 is 30.9 Å². The first-order valence-electron chi connectivity index (χ1n) is 17.8. The van der Waals surface area contributed by atoms with Crippen molar-refractivity contribution in [3.8, 4) is 0 Å². The number of carbonyl (C=O) groups is 3. The second-order valence-electron chi connectivity index (χ2n) is 13.5. The zero-order valence-corrected chi connectivity index (χ0v) is 33.2. The minimum absolute atomic E-state index is 0.156. The van der Waals surface area contributed by atoms with Gasteiger partial charge in [-0.25, -0.2) is 8.42 Å². The Hall–Kier alpha value is -4.10. The summed E-state index contributed by atoms with van der Waals surface area (Å²) in [7, 11) is -2.17. The van der Waals surface area contributed by atoms with Gasteiger partial charge in [0.25, 0.3) is 5.91 Å². The molecule has 0 bridgehead atoms. The van der Waals surface area contributed by atoms with Crippen molar-refractivity contribution in [3.63, 3.8) is 0 Å². The third-order valence-electron chi connectivity index (χ3n) is 9.37. The van der Waals surface area contributed by atoms with E-state index < -0.39 is 16.1 Å². The van der Waals surface area contributed by atoms with Gasteiger partial charge in [-0.1, -0.05) is 60.8 Å². The Kier molecular flexibility index (Phi) is 15.2. The molecule has 286 valence electrons. The fourth-order valence-corrected chi connectivity index (χ4v) is 6.93. The normalized spacial score (nSPS) is 16.5. The van der Waals surface area contributed by atoms with E-state index in [1.54, 1.807) is 49.4 Å². The van der Waals surface area contributed by atoms with Crippen molar-refractivity contribution in [3.05, 3.63) is 105 Å². The monoisotopic (exact) mass is 784 g/mol. The average molecular weight is 786 g/mol.